The van der Waals surface area contributed by atoms with E-state index < -0.39 is 0 Å². The van der Waals surface area contributed by atoms with E-state index in [4.69, 9.17) is 4.74 Å². The van der Waals surface area contributed by atoms with E-state index in [0.29, 0.717) is 0 Å². The summed E-state index contributed by atoms with van der Waals surface area (Å²) >= 11 is 0. The van der Waals surface area contributed by atoms with Crippen molar-refractivity contribution in [3.63, 3.8) is 0 Å². The van der Waals surface area contributed by atoms with Crippen molar-refractivity contribution in [3.8, 4) is 0 Å². The van der Waals surface area contributed by atoms with Crippen molar-refractivity contribution in [1.29, 1.82) is 0 Å². The Kier molecular flexibility index (Phi) is 9.66. The standard InChI is InChI=1S/C18H31N5O.HI/c1-15-13-20-7-5-16(15)6-8-21-17(19-4)22-14-18(2,3)23-9-11-24-12-10-23;/h5,7,13H,6,8-12,14H2,1-4H3,(H2,19,21,22);1H. The second-order valence-electron chi connectivity index (χ2n) is 6.82. The number of rotatable bonds is 6. The van der Waals surface area contributed by atoms with Crippen LogP contribution in [0, 0.1) is 6.92 Å². The molecular weight excluding hydrogens is 429 g/mol. The summed E-state index contributed by atoms with van der Waals surface area (Å²) in [5, 5.41) is 6.85. The maximum absolute atomic E-state index is 5.44. The number of nitrogens with one attached hydrogen (secondary N) is 2. The van der Waals surface area contributed by atoms with Crippen molar-refractivity contribution >= 4 is 29.9 Å². The van der Waals surface area contributed by atoms with E-state index in [2.05, 4.69) is 52.3 Å². The molecule has 142 valence electrons. The third-order valence-electron chi connectivity index (χ3n) is 4.60. The zero-order valence-electron chi connectivity index (χ0n) is 15.8. The lowest BCUT2D eigenvalue weighted by molar-refractivity contribution is -0.00833. The van der Waals surface area contributed by atoms with Crippen LogP contribution in [0.15, 0.2) is 23.5 Å². The van der Waals surface area contributed by atoms with Crippen LogP contribution in [-0.4, -0.2) is 67.8 Å². The first-order chi connectivity index (χ1) is 11.5. The Bertz CT molecular complexity index is 544. The van der Waals surface area contributed by atoms with Gasteiger partial charge in [0.25, 0.3) is 0 Å². The summed E-state index contributed by atoms with van der Waals surface area (Å²) in [6.07, 6.45) is 4.72. The van der Waals surface area contributed by atoms with Gasteiger partial charge in [0, 0.05) is 51.2 Å². The summed E-state index contributed by atoms with van der Waals surface area (Å²) in [5.41, 5.74) is 2.63. The molecule has 0 amide bonds. The number of aryl methyl sites for hydroxylation is 1. The number of aliphatic imine (C=N–C) groups is 1. The van der Waals surface area contributed by atoms with E-state index in [9.17, 15) is 0 Å². The van der Waals surface area contributed by atoms with Gasteiger partial charge in [0.2, 0.25) is 0 Å². The maximum Gasteiger partial charge on any atom is 0.191 e. The smallest absolute Gasteiger partial charge is 0.191 e. The molecule has 0 radical (unpaired) electrons. The van der Waals surface area contributed by atoms with Crippen molar-refractivity contribution in [1.82, 2.24) is 20.5 Å². The van der Waals surface area contributed by atoms with Crippen LogP contribution in [-0.2, 0) is 11.2 Å². The summed E-state index contributed by atoms with van der Waals surface area (Å²) in [6.45, 7) is 11.9. The number of hydrogen-bond donors (Lipinski definition) is 2. The van der Waals surface area contributed by atoms with Crippen molar-refractivity contribution in [2.75, 3.05) is 46.4 Å². The Labute approximate surface area is 168 Å². The lowest BCUT2D eigenvalue weighted by Gasteiger charge is -2.41. The van der Waals surface area contributed by atoms with Gasteiger partial charge in [0.15, 0.2) is 5.96 Å². The van der Waals surface area contributed by atoms with Crippen LogP contribution in [0.1, 0.15) is 25.0 Å². The maximum atomic E-state index is 5.44. The van der Waals surface area contributed by atoms with Gasteiger partial charge in [0.1, 0.15) is 0 Å². The molecule has 1 aromatic rings. The highest BCUT2D eigenvalue weighted by molar-refractivity contribution is 14.0. The fourth-order valence-electron chi connectivity index (χ4n) is 2.90. The fraction of sp³-hybridized carbons (Fsp3) is 0.667. The van der Waals surface area contributed by atoms with Gasteiger partial charge in [0.05, 0.1) is 13.2 Å². The summed E-state index contributed by atoms with van der Waals surface area (Å²) in [5.74, 6) is 0.850. The first-order valence-corrected chi connectivity index (χ1v) is 8.70. The number of aromatic nitrogens is 1. The number of ether oxygens (including phenoxy) is 1. The Hall–Kier alpha value is -0.930. The predicted molar refractivity (Wildman–Crippen MR) is 114 cm³/mol. The Morgan fingerprint density at radius 1 is 1.32 bits per heavy atom. The minimum atomic E-state index is 0. The van der Waals surface area contributed by atoms with Gasteiger partial charge in [-0.15, -0.1) is 24.0 Å². The molecule has 1 saturated heterocycles. The van der Waals surface area contributed by atoms with E-state index in [1.807, 2.05) is 19.4 Å². The average molecular weight is 461 g/mol. The molecule has 0 unspecified atom stereocenters. The predicted octanol–water partition coefficient (Wildman–Crippen LogP) is 1.83. The van der Waals surface area contributed by atoms with E-state index in [0.717, 1.165) is 51.8 Å². The molecule has 0 aliphatic carbocycles. The summed E-state index contributed by atoms with van der Waals surface area (Å²) in [6, 6.07) is 2.08. The lowest BCUT2D eigenvalue weighted by atomic mass is 10.0. The second kappa shape index (κ2) is 10.9. The first kappa shape index (κ1) is 22.1. The number of hydrogen-bond acceptors (Lipinski definition) is 4. The molecule has 0 atom stereocenters. The summed E-state index contributed by atoms with van der Waals surface area (Å²) in [4.78, 5) is 10.9. The molecule has 6 nitrogen and oxygen atoms in total. The topological polar surface area (TPSA) is 61.8 Å². The average Bonchev–Trinajstić information content (AvgIpc) is 2.60. The molecule has 0 spiro atoms. The monoisotopic (exact) mass is 461 g/mol. The molecule has 1 fully saturated rings. The molecule has 2 heterocycles. The van der Waals surface area contributed by atoms with Crippen molar-refractivity contribution < 1.29 is 4.74 Å². The quantitative estimate of drug-likeness (QED) is 0.385. The van der Waals surface area contributed by atoms with E-state index in [1.165, 1.54) is 11.1 Å². The molecule has 7 heteroatoms. The molecule has 2 rings (SSSR count). The zero-order chi connectivity index (χ0) is 17.4. The summed E-state index contributed by atoms with van der Waals surface area (Å²) in [7, 11) is 1.81. The number of nitrogens with zero attached hydrogens (tertiary/aromatic N) is 3. The normalized spacial score (nSPS) is 16.2. The highest BCUT2D eigenvalue weighted by atomic mass is 127. The van der Waals surface area contributed by atoms with Crippen LogP contribution in [0.25, 0.3) is 0 Å². The molecule has 2 N–H and O–H groups in total. The van der Waals surface area contributed by atoms with Gasteiger partial charge in [-0.05, 0) is 44.4 Å². The fourth-order valence-corrected chi connectivity index (χ4v) is 2.90. The van der Waals surface area contributed by atoms with Crippen molar-refractivity contribution in [3.05, 3.63) is 29.6 Å². The molecule has 1 aliphatic rings. The first-order valence-electron chi connectivity index (χ1n) is 8.70. The highest BCUT2D eigenvalue weighted by Crippen LogP contribution is 2.15. The number of morpholine rings is 1. The van der Waals surface area contributed by atoms with Crippen LogP contribution in [0.4, 0.5) is 0 Å². The van der Waals surface area contributed by atoms with Gasteiger partial charge >= 0.3 is 0 Å². The minimum Gasteiger partial charge on any atom is -0.379 e. The molecular formula is C18H32IN5O. The highest BCUT2D eigenvalue weighted by Gasteiger charge is 2.28. The van der Waals surface area contributed by atoms with E-state index >= 15 is 0 Å². The van der Waals surface area contributed by atoms with Crippen LogP contribution < -0.4 is 10.6 Å². The third kappa shape index (κ3) is 7.07. The second-order valence-corrected chi connectivity index (χ2v) is 6.82. The van der Waals surface area contributed by atoms with E-state index in [1.54, 1.807) is 0 Å². The minimum absolute atomic E-state index is 0. The molecule has 1 aromatic heterocycles. The Morgan fingerprint density at radius 2 is 2.04 bits per heavy atom. The van der Waals surface area contributed by atoms with Gasteiger partial charge in [-0.25, -0.2) is 0 Å². The SMILES string of the molecule is CN=C(NCCc1ccncc1C)NCC(C)(C)N1CCOCC1.I. The Balaban J connectivity index is 0.00000312. The number of pyridine rings is 1. The van der Waals surface area contributed by atoms with Crippen molar-refractivity contribution in [2.24, 2.45) is 4.99 Å². The lowest BCUT2D eigenvalue weighted by Crippen LogP contribution is -2.56. The number of halogens is 1. The van der Waals surface area contributed by atoms with Crippen LogP contribution in [0.3, 0.4) is 0 Å². The molecule has 0 bridgehead atoms. The van der Waals surface area contributed by atoms with Gasteiger partial charge < -0.3 is 15.4 Å². The van der Waals surface area contributed by atoms with E-state index in [-0.39, 0.29) is 29.5 Å². The van der Waals surface area contributed by atoms with Crippen LogP contribution in [0.2, 0.25) is 0 Å². The van der Waals surface area contributed by atoms with Gasteiger partial charge in [-0.3, -0.25) is 14.9 Å². The number of guanidine groups is 1. The third-order valence-corrected chi connectivity index (χ3v) is 4.60. The molecule has 25 heavy (non-hydrogen) atoms. The molecule has 1 aliphatic heterocycles. The molecule has 0 saturated carbocycles. The van der Waals surface area contributed by atoms with Crippen molar-refractivity contribution in [2.45, 2.75) is 32.7 Å². The summed E-state index contributed by atoms with van der Waals surface area (Å²) < 4.78 is 5.44. The van der Waals surface area contributed by atoms with Gasteiger partial charge in [-0.1, -0.05) is 0 Å². The van der Waals surface area contributed by atoms with Crippen LogP contribution >= 0.6 is 24.0 Å². The van der Waals surface area contributed by atoms with Crippen LogP contribution in [0.5, 0.6) is 0 Å². The zero-order valence-corrected chi connectivity index (χ0v) is 18.2. The van der Waals surface area contributed by atoms with Gasteiger partial charge in [-0.2, -0.15) is 0 Å². The Morgan fingerprint density at radius 3 is 2.68 bits per heavy atom. The molecule has 0 aromatic carbocycles. The largest absolute Gasteiger partial charge is 0.379 e.